The normalized spacial score (nSPS) is 20.5. The summed E-state index contributed by atoms with van der Waals surface area (Å²) in [7, 11) is -3.67. The first-order valence-corrected chi connectivity index (χ1v) is 10.7. The molecule has 1 fully saturated rings. The summed E-state index contributed by atoms with van der Waals surface area (Å²) in [5.41, 5.74) is 0. The van der Waals surface area contributed by atoms with Crippen LogP contribution in [0.4, 0.5) is 0 Å². The van der Waals surface area contributed by atoms with E-state index in [1.807, 2.05) is 6.92 Å². The van der Waals surface area contributed by atoms with E-state index in [1.165, 1.54) is 4.31 Å². The maximum absolute atomic E-state index is 13.0. The molecule has 0 aromatic heterocycles. The van der Waals surface area contributed by atoms with Crippen molar-refractivity contribution in [3.8, 4) is 0 Å². The molecular weight excluding hydrogens is 392 g/mol. The topological polar surface area (TPSA) is 66.5 Å². The molecule has 1 aromatic rings. The average Bonchev–Trinajstić information content (AvgIpc) is 2.55. The van der Waals surface area contributed by atoms with Crippen molar-refractivity contribution in [3.05, 3.63) is 28.7 Å². The Morgan fingerprint density at radius 1 is 1.33 bits per heavy atom. The predicted molar refractivity (Wildman–Crippen MR) is 98.2 cm³/mol. The fourth-order valence-electron chi connectivity index (χ4n) is 3.04. The van der Waals surface area contributed by atoms with Crippen molar-refractivity contribution < 1.29 is 13.2 Å². The highest BCUT2D eigenvalue weighted by Gasteiger charge is 2.37. The Hall–Kier alpha value is -0.920. The van der Waals surface area contributed by atoms with Crippen molar-refractivity contribution >= 4 is 31.9 Å². The molecule has 5 nitrogen and oxygen atoms in total. The van der Waals surface area contributed by atoms with Crippen LogP contribution in [0.15, 0.2) is 33.6 Å². The molecule has 0 radical (unpaired) electrons. The van der Waals surface area contributed by atoms with Crippen molar-refractivity contribution in [2.24, 2.45) is 0 Å². The zero-order chi connectivity index (χ0) is 17.7. The van der Waals surface area contributed by atoms with Gasteiger partial charge in [0.05, 0.1) is 4.90 Å². The molecule has 0 aliphatic carbocycles. The van der Waals surface area contributed by atoms with Gasteiger partial charge in [-0.2, -0.15) is 4.31 Å². The van der Waals surface area contributed by atoms with Gasteiger partial charge < -0.3 is 5.32 Å². The van der Waals surface area contributed by atoms with Gasteiger partial charge in [-0.05, 0) is 50.5 Å². The summed E-state index contributed by atoms with van der Waals surface area (Å²) in [4.78, 5) is 12.8. The number of sulfonamides is 1. The number of carbonyl (C=O) groups excluding carboxylic acids is 1. The zero-order valence-corrected chi connectivity index (χ0v) is 16.6. The Balaban J connectivity index is 2.22. The lowest BCUT2D eigenvalue weighted by Crippen LogP contribution is -2.53. The number of benzene rings is 1. The number of piperidine rings is 1. The molecular formula is C17H25BrN2O3S. The number of hydrogen-bond acceptors (Lipinski definition) is 3. The van der Waals surface area contributed by atoms with Crippen molar-refractivity contribution in [1.29, 1.82) is 0 Å². The summed E-state index contributed by atoms with van der Waals surface area (Å²) in [6.45, 7) is 4.41. The molecule has 1 aliphatic rings. The molecule has 24 heavy (non-hydrogen) atoms. The lowest BCUT2D eigenvalue weighted by Gasteiger charge is -2.34. The van der Waals surface area contributed by atoms with Gasteiger partial charge in [0.2, 0.25) is 15.9 Å². The van der Waals surface area contributed by atoms with Gasteiger partial charge >= 0.3 is 0 Å². The number of carbonyl (C=O) groups is 1. The molecule has 0 bridgehead atoms. The number of rotatable bonds is 6. The molecule has 1 amide bonds. The van der Waals surface area contributed by atoms with Gasteiger partial charge in [-0.25, -0.2) is 8.42 Å². The molecule has 1 N–H and O–H groups in total. The first-order chi connectivity index (χ1) is 11.4. The van der Waals surface area contributed by atoms with E-state index in [0.29, 0.717) is 13.0 Å². The average molecular weight is 417 g/mol. The second-order valence-electron chi connectivity index (χ2n) is 6.28. The number of nitrogens with zero attached hydrogens (tertiary/aromatic N) is 1. The lowest BCUT2D eigenvalue weighted by atomic mass is 10.0. The zero-order valence-electron chi connectivity index (χ0n) is 14.2. The Morgan fingerprint density at radius 2 is 2.00 bits per heavy atom. The molecule has 1 heterocycles. The van der Waals surface area contributed by atoms with Crippen molar-refractivity contribution in [2.45, 2.75) is 62.9 Å². The van der Waals surface area contributed by atoms with E-state index >= 15 is 0 Å². The minimum absolute atomic E-state index is 0.0571. The summed E-state index contributed by atoms with van der Waals surface area (Å²) in [6, 6.07) is 5.99. The molecule has 0 spiro atoms. The predicted octanol–water partition coefficient (Wildman–Crippen LogP) is 3.30. The first-order valence-electron chi connectivity index (χ1n) is 8.44. The van der Waals surface area contributed by atoms with Crippen molar-refractivity contribution in [3.63, 3.8) is 0 Å². The molecule has 1 aliphatic heterocycles. The van der Waals surface area contributed by atoms with Crippen LogP contribution in [0, 0.1) is 0 Å². The molecule has 2 atom stereocenters. The third-order valence-corrected chi connectivity index (χ3v) is 6.74. The molecule has 2 rings (SSSR count). The smallest absolute Gasteiger partial charge is 0.243 e. The van der Waals surface area contributed by atoms with Crippen LogP contribution in [0.1, 0.15) is 46.0 Å². The number of hydrogen-bond donors (Lipinski definition) is 1. The standard InChI is InChI=1S/C17H25BrN2O3S/c1-3-6-13(2)19-17(21)16-7-4-5-12-20(16)24(22,23)15-10-8-14(18)9-11-15/h8-11,13,16H,3-7,12H2,1-2H3,(H,19,21). The van der Waals surface area contributed by atoms with Crippen LogP contribution in [0.25, 0.3) is 0 Å². The highest BCUT2D eigenvalue weighted by Crippen LogP contribution is 2.26. The Morgan fingerprint density at radius 3 is 2.62 bits per heavy atom. The number of halogens is 1. The van der Waals surface area contributed by atoms with E-state index in [2.05, 4.69) is 28.2 Å². The van der Waals surface area contributed by atoms with E-state index in [9.17, 15) is 13.2 Å². The van der Waals surface area contributed by atoms with E-state index in [0.717, 1.165) is 30.2 Å². The molecule has 7 heteroatoms. The molecule has 0 saturated carbocycles. The fraction of sp³-hybridized carbons (Fsp3) is 0.588. The van der Waals surface area contributed by atoms with Gasteiger partial charge in [0.25, 0.3) is 0 Å². The lowest BCUT2D eigenvalue weighted by molar-refractivity contribution is -0.126. The summed E-state index contributed by atoms with van der Waals surface area (Å²) < 4.78 is 28.1. The van der Waals surface area contributed by atoms with Crippen LogP contribution in [0.3, 0.4) is 0 Å². The van der Waals surface area contributed by atoms with E-state index < -0.39 is 16.1 Å². The molecule has 1 aromatic carbocycles. The summed E-state index contributed by atoms with van der Waals surface area (Å²) >= 11 is 3.31. The van der Waals surface area contributed by atoms with E-state index in [4.69, 9.17) is 0 Å². The second kappa shape index (κ2) is 8.45. The van der Waals surface area contributed by atoms with Gasteiger partial charge in [-0.3, -0.25) is 4.79 Å². The number of nitrogens with one attached hydrogen (secondary N) is 1. The van der Waals surface area contributed by atoms with Crippen LogP contribution < -0.4 is 5.32 Å². The SMILES string of the molecule is CCCC(C)NC(=O)C1CCCCN1S(=O)(=O)c1ccc(Br)cc1. The van der Waals surface area contributed by atoms with Gasteiger partial charge in [0.1, 0.15) is 6.04 Å². The van der Waals surface area contributed by atoms with Crippen molar-refractivity contribution in [2.75, 3.05) is 6.54 Å². The largest absolute Gasteiger partial charge is 0.352 e. The van der Waals surface area contributed by atoms with E-state index in [-0.39, 0.29) is 16.8 Å². The Labute approximate surface area is 153 Å². The van der Waals surface area contributed by atoms with Crippen LogP contribution in [0.5, 0.6) is 0 Å². The van der Waals surface area contributed by atoms with Gasteiger partial charge in [0.15, 0.2) is 0 Å². The van der Waals surface area contributed by atoms with Crippen LogP contribution >= 0.6 is 15.9 Å². The monoisotopic (exact) mass is 416 g/mol. The van der Waals surface area contributed by atoms with Gasteiger partial charge in [0, 0.05) is 17.1 Å². The summed E-state index contributed by atoms with van der Waals surface area (Å²) in [6.07, 6.45) is 4.09. The summed E-state index contributed by atoms with van der Waals surface area (Å²) in [5, 5.41) is 2.96. The molecule has 134 valence electrons. The maximum Gasteiger partial charge on any atom is 0.243 e. The van der Waals surface area contributed by atoms with Gasteiger partial charge in [-0.15, -0.1) is 0 Å². The van der Waals surface area contributed by atoms with Crippen LogP contribution in [0.2, 0.25) is 0 Å². The molecule has 1 saturated heterocycles. The fourth-order valence-corrected chi connectivity index (χ4v) is 4.96. The quantitative estimate of drug-likeness (QED) is 0.773. The number of amides is 1. The Bertz CT molecular complexity index is 661. The van der Waals surface area contributed by atoms with Crippen molar-refractivity contribution in [1.82, 2.24) is 9.62 Å². The van der Waals surface area contributed by atoms with E-state index in [1.54, 1.807) is 24.3 Å². The molecule has 2 unspecified atom stereocenters. The minimum atomic E-state index is -3.67. The van der Waals surface area contributed by atoms with Crippen LogP contribution in [-0.4, -0.2) is 37.3 Å². The maximum atomic E-state index is 13.0. The third-order valence-electron chi connectivity index (χ3n) is 4.29. The second-order valence-corrected chi connectivity index (χ2v) is 9.09. The highest BCUT2D eigenvalue weighted by atomic mass is 79.9. The minimum Gasteiger partial charge on any atom is -0.352 e. The summed E-state index contributed by atoms with van der Waals surface area (Å²) in [5.74, 6) is -0.184. The Kier molecular flexibility index (Phi) is 6.83. The highest BCUT2D eigenvalue weighted by molar-refractivity contribution is 9.10. The van der Waals surface area contributed by atoms with Crippen LogP contribution in [-0.2, 0) is 14.8 Å². The third kappa shape index (κ3) is 4.58. The van der Waals surface area contributed by atoms with Gasteiger partial charge in [-0.1, -0.05) is 35.7 Å². The first kappa shape index (κ1) is 19.4.